The normalized spacial score (nSPS) is 20.9. The van der Waals surface area contributed by atoms with Gasteiger partial charge < -0.3 is 14.9 Å². The van der Waals surface area contributed by atoms with E-state index < -0.39 is 0 Å². The number of hydrogen-bond donors (Lipinski definition) is 1. The number of rotatable bonds is 5. The van der Waals surface area contributed by atoms with Crippen LogP contribution in [0.3, 0.4) is 0 Å². The highest BCUT2D eigenvalue weighted by molar-refractivity contribution is 5.76. The first kappa shape index (κ1) is 13.9. The number of piperidine rings is 1. The summed E-state index contributed by atoms with van der Waals surface area (Å²) in [6.07, 6.45) is 2.47. The minimum atomic E-state index is -0.241. The van der Waals surface area contributed by atoms with Crippen LogP contribution in [0.4, 0.5) is 0 Å². The van der Waals surface area contributed by atoms with Crippen molar-refractivity contribution in [2.75, 3.05) is 33.2 Å². The van der Waals surface area contributed by atoms with E-state index in [2.05, 4.69) is 4.90 Å². The van der Waals surface area contributed by atoms with Gasteiger partial charge in [-0.25, -0.2) is 0 Å². The number of likely N-dealkylation sites (tertiary alicyclic amines) is 1. The molecular formula is C12H21N3O2. The summed E-state index contributed by atoms with van der Waals surface area (Å²) in [6.45, 7) is 2.84. The van der Waals surface area contributed by atoms with Gasteiger partial charge in [-0.1, -0.05) is 0 Å². The van der Waals surface area contributed by atoms with Gasteiger partial charge in [0.15, 0.2) is 0 Å². The SMILES string of the molecule is CN(CCC#N)C(=O)CCN1CCCC(O)C1. The van der Waals surface area contributed by atoms with E-state index in [-0.39, 0.29) is 12.0 Å². The Labute approximate surface area is 103 Å². The number of amides is 1. The maximum atomic E-state index is 11.7. The Kier molecular flexibility index (Phi) is 5.95. The van der Waals surface area contributed by atoms with Crippen LogP contribution in [0, 0.1) is 11.3 Å². The van der Waals surface area contributed by atoms with Crippen LogP contribution in [-0.4, -0.2) is 60.1 Å². The predicted octanol–water partition coefficient (Wildman–Crippen LogP) is 0.205. The van der Waals surface area contributed by atoms with E-state index in [1.54, 1.807) is 11.9 Å². The molecule has 1 amide bonds. The average molecular weight is 239 g/mol. The van der Waals surface area contributed by atoms with Gasteiger partial charge in [0, 0.05) is 33.1 Å². The lowest BCUT2D eigenvalue weighted by atomic mass is 10.1. The fourth-order valence-electron chi connectivity index (χ4n) is 2.02. The molecule has 1 aliphatic rings. The van der Waals surface area contributed by atoms with Crippen molar-refractivity contribution >= 4 is 5.91 Å². The minimum Gasteiger partial charge on any atom is -0.392 e. The van der Waals surface area contributed by atoms with Crippen molar-refractivity contribution < 1.29 is 9.90 Å². The third kappa shape index (κ3) is 5.16. The van der Waals surface area contributed by atoms with Crippen molar-refractivity contribution in [3.63, 3.8) is 0 Å². The lowest BCUT2D eigenvalue weighted by Crippen LogP contribution is -2.40. The van der Waals surface area contributed by atoms with Gasteiger partial charge in [-0.15, -0.1) is 0 Å². The van der Waals surface area contributed by atoms with E-state index in [0.29, 0.717) is 32.5 Å². The Morgan fingerprint density at radius 3 is 3.06 bits per heavy atom. The molecule has 0 spiro atoms. The second-order valence-electron chi connectivity index (χ2n) is 4.57. The third-order valence-corrected chi connectivity index (χ3v) is 3.11. The highest BCUT2D eigenvalue weighted by Gasteiger charge is 2.18. The van der Waals surface area contributed by atoms with Gasteiger partial charge in [-0.3, -0.25) is 4.79 Å². The van der Waals surface area contributed by atoms with Crippen molar-refractivity contribution in [2.45, 2.75) is 31.8 Å². The molecule has 0 aliphatic carbocycles. The zero-order valence-electron chi connectivity index (χ0n) is 10.4. The number of carbonyl (C=O) groups is 1. The van der Waals surface area contributed by atoms with E-state index in [9.17, 15) is 9.90 Å². The monoisotopic (exact) mass is 239 g/mol. The first-order valence-corrected chi connectivity index (χ1v) is 6.15. The molecule has 1 unspecified atom stereocenters. The second kappa shape index (κ2) is 7.25. The lowest BCUT2D eigenvalue weighted by molar-refractivity contribution is -0.130. The summed E-state index contributed by atoms with van der Waals surface area (Å²) in [4.78, 5) is 15.4. The Balaban J connectivity index is 2.20. The Bertz CT molecular complexity index is 288. The molecule has 17 heavy (non-hydrogen) atoms. The van der Waals surface area contributed by atoms with E-state index in [1.807, 2.05) is 6.07 Å². The Hall–Kier alpha value is -1.12. The van der Waals surface area contributed by atoms with Gasteiger partial charge in [-0.05, 0) is 19.4 Å². The van der Waals surface area contributed by atoms with Gasteiger partial charge in [-0.2, -0.15) is 5.26 Å². The van der Waals surface area contributed by atoms with Crippen molar-refractivity contribution in [1.29, 1.82) is 5.26 Å². The molecule has 0 radical (unpaired) electrons. The largest absolute Gasteiger partial charge is 0.392 e. The minimum absolute atomic E-state index is 0.0697. The van der Waals surface area contributed by atoms with Gasteiger partial charge in [0.2, 0.25) is 5.91 Å². The van der Waals surface area contributed by atoms with Crippen LogP contribution in [0.25, 0.3) is 0 Å². The molecule has 96 valence electrons. The summed E-state index contributed by atoms with van der Waals surface area (Å²) < 4.78 is 0. The molecule has 1 fully saturated rings. The molecule has 0 aromatic carbocycles. The Morgan fingerprint density at radius 2 is 2.41 bits per heavy atom. The molecule has 1 heterocycles. The predicted molar refractivity (Wildman–Crippen MR) is 64.2 cm³/mol. The number of aliphatic hydroxyl groups is 1. The molecule has 1 aliphatic heterocycles. The van der Waals surface area contributed by atoms with Crippen LogP contribution in [-0.2, 0) is 4.79 Å². The highest BCUT2D eigenvalue weighted by atomic mass is 16.3. The highest BCUT2D eigenvalue weighted by Crippen LogP contribution is 2.10. The molecule has 0 aromatic heterocycles. The van der Waals surface area contributed by atoms with Crippen LogP contribution in [0.2, 0.25) is 0 Å². The van der Waals surface area contributed by atoms with Gasteiger partial charge in [0.1, 0.15) is 0 Å². The van der Waals surface area contributed by atoms with Gasteiger partial charge >= 0.3 is 0 Å². The van der Waals surface area contributed by atoms with Crippen molar-refractivity contribution in [3.05, 3.63) is 0 Å². The average Bonchev–Trinajstić information content (AvgIpc) is 2.33. The van der Waals surface area contributed by atoms with Crippen molar-refractivity contribution in [1.82, 2.24) is 9.80 Å². The maximum absolute atomic E-state index is 11.7. The first-order valence-electron chi connectivity index (χ1n) is 6.15. The summed E-state index contributed by atoms with van der Waals surface area (Å²) in [6, 6.07) is 2.03. The van der Waals surface area contributed by atoms with Crippen LogP contribution in [0.5, 0.6) is 0 Å². The molecule has 0 saturated carbocycles. The molecule has 1 atom stereocenters. The smallest absolute Gasteiger partial charge is 0.223 e. The number of β-amino-alcohol motifs (C(OH)–C–C–N with tert-alkyl or cyclic N) is 1. The van der Waals surface area contributed by atoms with Gasteiger partial charge in [0.25, 0.3) is 0 Å². The Morgan fingerprint density at radius 1 is 1.65 bits per heavy atom. The summed E-state index contributed by atoms with van der Waals surface area (Å²) in [5.74, 6) is 0.0697. The maximum Gasteiger partial charge on any atom is 0.223 e. The lowest BCUT2D eigenvalue weighted by Gasteiger charge is -2.30. The summed E-state index contributed by atoms with van der Waals surface area (Å²) >= 11 is 0. The molecule has 1 rings (SSSR count). The molecule has 0 bridgehead atoms. The summed E-state index contributed by atoms with van der Waals surface area (Å²) in [5, 5.41) is 17.9. The molecule has 0 aromatic rings. The fourth-order valence-corrected chi connectivity index (χ4v) is 2.02. The number of aliphatic hydroxyl groups excluding tert-OH is 1. The van der Waals surface area contributed by atoms with Gasteiger partial charge in [0.05, 0.1) is 18.6 Å². The van der Waals surface area contributed by atoms with E-state index in [0.717, 1.165) is 19.4 Å². The zero-order chi connectivity index (χ0) is 12.7. The van der Waals surface area contributed by atoms with E-state index in [1.165, 1.54) is 0 Å². The molecule has 5 heteroatoms. The number of nitriles is 1. The van der Waals surface area contributed by atoms with Crippen molar-refractivity contribution in [2.24, 2.45) is 0 Å². The van der Waals surface area contributed by atoms with Crippen LogP contribution < -0.4 is 0 Å². The summed E-state index contributed by atoms with van der Waals surface area (Å²) in [7, 11) is 1.73. The quantitative estimate of drug-likeness (QED) is 0.744. The fraction of sp³-hybridized carbons (Fsp3) is 0.833. The van der Waals surface area contributed by atoms with Crippen LogP contribution in [0.1, 0.15) is 25.7 Å². The summed E-state index contributed by atoms with van der Waals surface area (Å²) in [5.41, 5.74) is 0. The topological polar surface area (TPSA) is 67.6 Å². The molecule has 1 N–H and O–H groups in total. The van der Waals surface area contributed by atoms with Crippen LogP contribution in [0.15, 0.2) is 0 Å². The third-order valence-electron chi connectivity index (χ3n) is 3.11. The van der Waals surface area contributed by atoms with Crippen molar-refractivity contribution in [3.8, 4) is 6.07 Å². The number of hydrogen-bond acceptors (Lipinski definition) is 4. The number of nitrogens with zero attached hydrogens (tertiary/aromatic N) is 3. The first-order chi connectivity index (χ1) is 8.13. The molecular weight excluding hydrogens is 218 g/mol. The number of carbonyl (C=O) groups excluding carboxylic acids is 1. The second-order valence-corrected chi connectivity index (χ2v) is 4.57. The van der Waals surface area contributed by atoms with Crippen LogP contribution >= 0.6 is 0 Å². The molecule has 5 nitrogen and oxygen atoms in total. The van der Waals surface area contributed by atoms with E-state index >= 15 is 0 Å². The molecule has 1 saturated heterocycles. The zero-order valence-corrected chi connectivity index (χ0v) is 10.4. The standard InChI is InChI=1S/C12H21N3O2/c1-14(7-3-6-13)12(17)5-9-15-8-2-4-11(16)10-15/h11,16H,2-5,7-10H2,1H3. The van der Waals surface area contributed by atoms with E-state index in [4.69, 9.17) is 5.26 Å².